The van der Waals surface area contributed by atoms with Crippen molar-refractivity contribution in [1.82, 2.24) is 25.2 Å². The summed E-state index contributed by atoms with van der Waals surface area (Å²) in [5, 5.41) is 15.7. The highest BCUT2D eigenvalue weighted by Crippen LogP contribution is 2.31. The van der Waals surface area contributed by atoms with Gasteiger partial charge < -0.3 is 5.32 Å². The van der Waals surface area contributed by atoms with Crippen molar-refractivity contribution in [1.29, 1.82) is 0 Å². The predicted molar refractivity (Wildman–Crippen MR) is 106 cm³/mol. The molecular weight excluding hydrogens is 418 g/mol. The summed E-state index contributed by atoms with van der Waals surface area (Å²) in [6.45, 7) is 0. The fourth-order valence-corrected chi connectivity index (χ4v) is 4.85. The third-order valence-corrected chi connectivity index (χ3v) is 6.47. The van der Waals surface area contributed by atoms with Crippen LogP contribution in [0.15, 0.2) is 29.6 Å². The summed E-state index contributed by atoms with van der Waals surface area (Å²) < 4.78 is 28.2. The van der Waals surface area contributed by atoms with Crippen LogP contribution in [-0.4, -0.2) is 36.9 Å². The number of thioether (sulfide) groups is 1. The van der Waals surface area contributed by atoms with Crippen LogP contribution in [-0.2, 0) is 11.2 Å². The Balaban J connectivity index is 1.30. The van der Waals surface area contributed by atoms with Crippen molar-refractivity contribution in [2.24, 2.45) is 0 Å². The van der Waals surface area contributed by atoms with Gasteiger partial charge in [-0.2, -0.15) is 0 Å². The third kappa shape index (κ3) is 4.96. The molecule has 1 aliphatic rings. The zero-order chi connectivity index (χ0) is 20.2. The van der Waals surface area contributed by atoms with Crippen molar-refractivity contribution in [2.45, 2.75) is 43.3 Å². The van der Waals surface area contributed by atoms with E-state index < -0.39 is 11.6 Å². The van der Waals surface area contributed by atoms with Crippen molar-refractivity contribution in [2.75, 3.05) is 11.1 Å². The maximum atomic E-state index is 13.3. The molecule has 1 amide bonds. The summed E-state index contributed by atoms with van der Waals surface area (Å²) in [4.78, 5) is 17.3. The molecule has 0 bridgehead atoms. The molecule has 11 heteroatoms. The van der Waals surface area contributed by atoms with E-state index in [2.05, 4.69) is 25.8 Å². The number of aromatic nitrogens is 5. The average molecular weight is 437 g/mol. The van der Waals surface area contributed by atoms with Crippen molar-refractivity contribution in [3.8, 4) is 0 Å². The molecule has 1 fully saturated rings. The van der Waals surface area contributed by atoms with Gasteiger partial charge in [-0.15, -0.1) is 16.4 Å². The number of amides is 1. The van der Waals surface area contributed by atoms with E-state index in [9.17, 15) is 13.6 Å². The molecular formula is C18H18F2N6OS2. The molecule has 29 heavy (non-hydrogen) atoms. The normalized spacial score (nSPS) is 14.4. The number of nitrogens with one attached hydrogen (secondary N) is 1. The summed E-state index contributed by atoms with van der Waals surface area (Å²) in [7, 11) is 0. The van der Waals surface area contributed by atoms with E-state index in [4.69, 9.17) is 0 Å². The van der Waals surface area contributed by atoms with Gasteiger partial charge in [-0.3, -0.25) is 4.79 Å². The lowest BCUT2D eigenvalue weighted by Crippen LogP contribution is -2.15. The second kappa shape index (κ2) is 8.95. The van der Waals surface area contributed by atoms with Crippen molar-refractivity contribution < 1.29 is 13.6 Å². The van der Waals surface area contributed by atoms with E-state index in [1.54, 1.807) is 6.20 Å². The number of thiazole rings is 1. The fourth-order valence-electron chi connectivity index (χ4n) is 3.24. The van der Waals surface area contributed by atoms with Gasteiger partial charge in [0.15, 0.2) is 16.8 Å². The first kappa shape index (κ1) is 19.9. The zero-order valence-corrected chi connectivity index (χ0v) is 17.0. The summed E-state index contributed by atoms with van der Waals surface area (Å²) in [6.07, 6.45) is 6.50. The Kier molecular flexibility index (Phi) is 6.14. The molecule has 0 spiro atoms. The molecule has 1 aliphatic carbocycles. The van der Waals surface area contributed by atoms with Crippen LogP contribution in [0.25, 0.3) is 0 Å². The number of rotatable bonds is 7. The SMILES string of the molecule is O=C(CSc1nnnn1C1CCCC1)Nc1ncc(Cc2ccc(F)c(F)c2)s1. The molecule has 0 unspecified atom stereocenters. The van der Waals surface area contributed by atoms with Gasteiger partial charge in [-0.05, 0) is 41.0 Å². The number of carbonyl (C=O) groups is 1. The minimum atomic E-state index is -0.877. The Hall–Kier alpha value is -2.40. The second-order valence-corrected chi connectivity index (χ2v) is 8.80. The minimum absolute atomic E-state index is 0.172. The Morgan fingerprint density at radius 2 is 2.10 bits per heavy atom. The lowest BCUT2D eigenvalue weighted by Gasteiger charge is -2.10. The van der Waals surface area contributed by atoms with E-state index in [0.29, 0.717) is 28.3 Å². The highest BCUT2D eigenvalue weighted by atomic mass is 32.2. The second-order valence-electron chi connectivity index (χ2n) is 6.74. The van der Waals surface area contributed by atoms with E-state index in [1.807, 2.05) is 4.68 Å². The fraction of sp³-hybridized carbons (Fsp3) is 0.389. The Morgan fingerprint density at radius 3 is 2.90 bits per heavy atom. The van der Waals surface area contributed by atoms with Crippen LogP contribution < -0.4 is 5.32 Å². The summed E-state index contributed by atoms with van der Waals surface area (Å²) in [5.41, 5.74) is 0.639. The van der Waals surface area contributed by atoms with Gasteiger partial charge in [0.05, 0.1) is 11.8 Å². The first-order valence-electron chi connectivity index (χ1n) is 9.17. The highest BCUT2D eigenvalue weighted by molar-refractivity contribution is 7.99. The quantitative estimate of drug-likeness (QED) is 0.567. The number of benzene rings is 1. The maximum absolute atomic E-state index is 13.3. The van der Waals surface area contributed by atoms with E-state index in [-0.39, 0.29) is 11.7 Å². The molecule has 0 radical (unpaired) electrons. The molecule has 2 heterocycles. The van der Waals surface area contributed by atoms with Crippen LogP contribution in [0, 0.1) is 11.6 Å². The van der Waals surface area contributed by atoms with Gasteiger partial charge in [-0.25, -0.2) is 18.4 Å². The van der Waals surface area contributed by atoms with Gasteiger partial charge in [0.1, 0.15) is 0 Å². The van der Waals surface area contributed by atoms with Gasteiger partial charge in [0, 0.05) is 17.5 Å². The lowest BCUT2D eigenvalue weighted by atomic mass is 10.1. The van der Waals surface area contributed by atoms with E-state index >= 15 is 0 Å². The van der Waals surface area contributed by atoms with E-state index in [0.717, 1.165) is 23.8 Å². The molecule has 4 rings (SSSR count). The van der Waals surface area contributed by atoms with Crippen molar-refractivity contribution in [3.05, 3.63) is 46.5 Å². The maximum Gasteiger partial charge on any atom is 0.236 e. The first-order valence-corrected chi connectivity index (χ1v) is 11.0. The van der Waals surface area contributed by atoms with Gasteiger partial charge >= 0.3 is 0 Å². The van der Waals surface area contributed by atoms with Crippen molar-refractivity contribution >= 4 is 34.1 Å². The third-order valence-electron chi connectivity index (χ3n) is 4.63. The summed E-state index contributed by atoms with van der Waals surface area (Å²) in [6, 6.07) is 4.11. The number of carbonyl (C=O) groups excluding carboxylic acids is 1. The molecule has 3 aromatic rings. The largest absolute Gasteiger partial charge is 0.301 e. The Morgan fingerprint density at radius 1 is 1.28 bits per heavy atom. The summed E-state index contributed by atoms with van der Waals surface area (Å²) in [5.74, 6) is -1.78. The van der Waals surface area contributed by atoms with Crippen LogP contribution in [0.1, 0.15) is 42.2 Å². The van der Waals surface area contributed by atoms with Crippen LogP contribution in [0.5, 0.6) is 0 Å². The number of nitrogens with zero attached hydrogens (tertiary/aromatic N) is 5. The molecule has 1 saturated carbocycles. The van der Waals surface area contributed by atoms with Gasteiger partial charge in [0.2, 0.25) is 11.1 Å². The Bertz CT molecular complexity index is 1000. The molecule has 2 aromatic heterocycles. The van der Waals surface area contributed by atoms with Crippen LogP contribution in [0.2, 0.25) is 0 Å². The Labute approximate surface area is 173 Å². The molecule has 0 aliphatic heterocycles. The van der Waals surface area contributed by atoms with Gasteiger partial charge in [0.25, 0.3) is 0 Å². The lowest BCUT2D eigenvalue weighted by molar-refractivity contribution is -0.113. The molecule has 0 atom stereocenters. The minimum Gasteiger partial charge on any atom is -0.301 e. The number of hydrogen-bond donors (Lipinski definition) is 1. The van der Waals surface area contributed by atoms with Crippen LogP contribution in [0.4, 0.5) is 13.9 Å². The monoisotopic (exact) mass is 436 g/mol. The first-order chi connectivity index (χ1) is 14.1. The smallest absolute Gasteiger partial charge is 0.236 e. The van der Waals surface area contributed by atoms with Crippen LogP contribution in [0.3, 0.4) is 0 Å². The standard InChI is InChI=1S/C18H18F2N6OS2/c19-14-6-5-11(8-15(14)20)7-13-9-21-17(29-13)22-16(27)10-28-18-23-24-25-26(18)12-3-1-2-4-12/h5-6,8-9,12H,1-4,7,10H2,(H,21,22,27). The predicted octanol–water partition coefficient (Wildman–Crippen LogP) is 3.84. The molecule has 0 saturated heterocycles. The zero-order valence-electron chi connectivity index (χ0n) is 15.3. The highest BCUT2D eigenvalue weighted by Gasteiger charge is 2.22. The summed E-state index contributed by atoms with van der Waals surface area (Å²) >= 11 is 2.59. The topological polar surface area (TPSA) is 85.6 Å². The van der Waals surface area contributed by atoms with E-state index in [1.165, 1.54) is 48.1 Å². The number of tetrazole rings is 1. The molecule has 7 nitrogen and oxygen atoms in total. The number of halogens is 2. The van der Waals surface area contributed by atoms with Crippen molar-refractivity contribution in [3.63, 3.8) is 0 Å². The van der Waals surface area contributed by atoms with Crippen LogP contribution >= 0.6 is 23.1 Å². The van der Waals surface area contributed by atoms with Gasteiger partial charge in [-0.1, -0.05) is 30.7 Å². The number of anilines is 1. The average Bonchev–Trinajstić information content (AvgIpc) is 3.44. The molecule has 1 aromatic carbocycles. The number of hydrogen-bond acceptors (Lipinski definition) is 7. The molecule has 152 valence electrons. The molecule has 1 N–H and O–H groups in total.